The van der Waals surface area contributed by atoms with E-state index in [1.54, 1.807) is 0 Å². The van der Waals surface area contributed by atoms with Crippen LogP contribution in [-0.2, 0) is 5.41 Å². The molecular formula is C14H25NO. The first kappa shape index (κ1) is 13.3. The van der Waals surface area contributed by atoms with Gasteiger partial charge in [-0.15, -0.1) is 0 Å². The Morgan fingerprint density at radius 3 is 2.31 bits per heavy atom. The van der Waals surface area contributed by atoms with Crippen LogP contribution in [-0.4, -0.2) is 15.8 Å². The van der Waals surface area contributed by atoms with E-state index in [1.165, 1.54) is 11.3 Å². The van der Waals surface area contributed by atoms with Gasteiger partial charge in [0.2, 0.25) is 0 Å². The standard InChI is InChI=1S/C14H25NO/c1-7-13(16)11(3)15-9-8-12(10(15)2)14(4,5)6/h8-9,11,13,16H,7H2,1-6H3. The molecule has 0 fully saturated rings. The zero-order chi connectivity index (χ0) is 12.5. The van der Waals surface area contributed by atoms with Gasteiger partial charge >= 0.3 is 0 Å². The highest BCUT2D eigenvalue weighted by atomic mass is 16.3. The van der Waals surface area contributed by atoms with Gasteiger partial charge in [-0.25, -0.2) is 0 Å². The zero-order valence-electron chi connectivity index (χ0n) is 11.4. The first-order valence-corrected chi connectivity index (χ1v) is 6.15. The van der Waals surface area contributed by atoms with Crippen molar-refractivity contribution in [1.29, 1.82) is 0 Å². The van der Waals surface area contributed by atoms with E-state index in [1.807, 2.05) is 6.92 Å². The summed E-state index contributed by atoms with van der Waals surface area (Å²) in [6.45, 7) is 12.9. The van der Waals surface area contributed by atoms with Crippen molar-refractivity contribution in [3.05, 3.63) is 23.5 Å². The summed E-state index contributed by atoms with van der Waals surface area (Å²) >= 11 is 0. The summed E-state index contributed by atoms with van der Waals surface area (Å²) in [4.78, 5) is 0. The van der Waals surface area contributed by atoms with E-state index in [4.69, 9.17) is 0 Å². The topological polar surface area (TPSA) is 25.2 Å². The molecule has 0 aliphatic rings. The van der Waals surface area contributed by atoms with Crippen LogP contribution in [0.3, 0.4) is 0 Å². The Morgan fingerprint density at radius 2 is 1.94 bits per heavy atom. The van der Waals surface area contributed by atoms with E-state index in [0.717, 1.165) is 6.42 Å². The van der Waals surface area contributed by atoms with Crippen molar-refractivity contribution in [2.75, 3.05) is 0 Å². The molecule has 0 aromatic carbocycles. The van der Waals surface area contributed by atoms with Crippen LogP contribution < -0.4 is 0 Å². The number of hydrogen-bond acceptors (Lipinski definition) is 1. The molecule has 1 N–H and O–H groups in total. The molecule has 2 nitrogen and oxygen atoms in total. The van der Waals surface area contributed by atoms with Crippen molar-refractivity contribution in [3.8, 4) is 0 Å². The molecule has 0 saturated heterocycles. The van der Waals surface area contributed by atoms with Gasteiger partial charge in [-0.05, 0) is 37.3 Å². The molecule has 2 unspecified atom stereocenters. The molecule has 1 heterocycles. The van der Waals surface area contributed by atoms with Gasteiger partial charge in [0.05, 0.1) is 12.1 Å². The summed E-state index contributed by atoms with van der Waals surface area (Å²) in [5, 5.41) is 9.90. The van der Waals surface area contributed by atoms with E-state index >= 15 is 0 Å². The second kappa shape index (κ2) is 4.62. The number of aliphatic hydroxyl groups is 1. The Bertz CT molecular complexity index is 346. The number of aliphatic hydroxyl groups excluding tert-OH is 1. The molecule has 1 aromatic rings. The van der Waals surface area contributed by atoms with Crippen LogP contribution >= 0.6 is 0 Å². The fourth-order valence-electron chi connectivity index (χ4n) is 2.29. The molecule has 0 amide bonds. The van der Waals surface area contributed by atoms with Crippen LogP contribution in [0.1, 0.15) is 58.3 Å². The Hall–Kier alpha value is -0.760. The Kier molecular flexibility index (Phi) is 3.84. The van der Waals surface area contributed by atoms with Crippen molar-refractivity contribution < 1.29 is 5.11 Å². The maximum atomic E-state index is 9.90. The number of aromatic nitrogens is 1. The molecule has 0 aliphatic carbocycles. The van der Waals surface area contributed by atoms with E-state index < -0.39 is 0 Å². The quantitative estimate of drug-likeness (QED) is 0.834. The second-order valence-corrected chi connectivity index (χ2v) is 5.69. The number of hydrogen-bond donors (Lipinski definition) is 1. The first-order valence-electron chi connectivity index (χ1n) is 6.15. The van der Waals surface area contributed by atoms with Gasteiger partial charge in [-0.1, -0.05) is 27.7 Å². The fraction of sp³-hybridized carbons (Fsp3) is 0.714. The van der Waals surface area contributed by atoms with Crippen LogP contribution in [0.2, 0.25) is 0 Å². The van der Waals surface area contributed by atoms with Crippen molar-refractivity contribution >= 4 is 0 Å². The molecular weight excluding hydrogens is 198 g/mol. The minimum Gasteiger partial charge on any atom is -0.391 e. The summed E-state index contributed by atoms with van der Waals surface area (Å²) in [6, 6.07) is 2.33. The van der Waals surface area contributed by atoms with Gasteiger partial charge in [-0.3, -0.25) is 0 Å². The Morgan fingerprint density at radius 1 is 1.38 bits per heavy atom. The number of rotatable bonds is 3. The average Bonchev–Trinajstić information content (AvgIpc) is 2.57. The fourth-order valence-corrected chi connectivity index (χ4v) is 2.29. The van der Waals surface area contributed by atoms with Crippen LogP contribution in [0, 0.1) is 6.92 Å². The van der Waals surface area contributed by atoms with Crippen LogP contribution in [0.25, 0.3) is 0 Å². The van der Waals surface area contributed by atoms with E-state index in [2.05, 4.69) is 51.4 Å². The SMILES string of the molecule is CCC(O)C(C)n1ccc(C(C)(C)C)c1C. The van der Waals surface area contributed by atoms with Gasteiger partial charge in [0.15, 0.2) is 0 Å². The summed E-state index contributed by atoms with van der Waals surface area (Å²) in [5.74, 6) is 0. The van der Waals surface area contributed by atoms with E-state index in [-0.39, 0.29) is 17.6 Å². The molecule has 0 radical (unpaired) electrons. The summed E-state index contributed by atoms with van der Waals surface area (Å²) in [7, 11) is 0. The maximum Gasteiger partial charge on any atom is 0.0741 e. The third-order valence-corrected chi connectivity index (χ3v) is 3.40. The maximum absolute atomic E-state index is 9.90. The second-order valence-electron chi connectivity index (χ2n) is 5.69. The van der Waals surface area contributed by atoms with E-state index in [0.29, 0.717) is 0 Å². The van der Waals surface area contributed by atoms with E-state index in [9.17, 15) is 5.11 Å². The highest BCUT2D eigenvalue weighted by molar-refractivity contribution is 5.28. The third-order valence-electron chi connectivity index (χ3n) is 3.40. The predicted molar refractivity (Wildman–Crippen MR) is 68.9 cm³/mol. The monoisotopic (exact) mass is 223 g/mol. The minimum atomic E-state index is -0.265. The molecule has 2 atom stereocenters. The minimum absolute atomic E-state index is 0.154. The Balaban J connectivity index is 3.05. The highest BCUT2D eigenvalue weighted by Gasteiger charge is 2.22. The van der Waals surface area contributed by atoms with Crippen LogP contribution in [0.4, 0.5) is 0 Å². The lowest BCUT2D eigenvalue weighted by Gasteiger charge is -2.24. The molecule has 2 heteroatoms. The molecule has 0 aliphatic heterocycles. The molecule has 0 saturated carbocycles. The molecule has 0 spiro atoms. The van der Waals surface area contributed by atoms with Gasteiger partial charge < -0.3 is 9.67 Å². The molecule has 1 aromatic heterocycles. The smallest absolute Gasteiger partial charge is 0.0741 e. The number of nitrogens with zero attached hydrogens (tertiary/aromatic N) is 1. The van der Waals surface area contributed by atoms with Gasteiger partial charge in [0.1, 0.15) is 0 Å². The summed E-state index contributed by atoms with van der Waals surface area (Å²) < 4.78 is 2.19. The summed E-state index contributed by atoms with van der Waals surface area (Å²) in [6.07, 6.45) is 2.63. The molecule has 16 heavy (non-hydrogen) atoms. The molecule has 0 bridgehead atoms. The van der Waals surface area contributed by atoms with Crippen molar-refractivity contribution in [1.82, 2.24) is 4.57 Å². The predicted octanol–water partition coefficient (Wildman–Crippen LogP) is 3.43. The van der Waals surface area contributed by atoms with Gasteiger partial charge in [0, 0.05) is 11.9 Å². The lowest BCUT2D eigenvalue weighted by Crippen LogP contribution is -2.22. The van der Waals surface area contributed by atoms with Crippen LogP contribution in [0.5, 0.6) is 0 Å². The lowest BCUT2D eigenvalue weighted by molar-refractivity contribution is 0.116. The Labute approximate surface area is 99.3 Å². The summed E-state index contributed by atoms with van der Waals surface area (Å²) in [5.41, 5.74) is 2.81. The van der Waals surface area contributed by atoms with Gasteiger partial charge in [0.25, 0.3) is 0 Å². The van der Waals surface area contributed by atoms with Gasteiger partial charge in [-0.2, -0.15) is 0 Å². The van der Waals surface area contributed by atoms with Crippen LogP contribution in [0.15, 0.2) is 12.3 Å². The normalized spacial score (nSPS) is 16.2. The zero-order valence-corrected chi connectivity index (χ0v) is 11.4. The molecule has 92 valence electrons. The van der Waals surface area contributed by atoms with Crippen molar-refractivity contribution in [3.63, 3.8) is 0 Å². The highest BCUT2D eigenvalue weighted by Crippen LogP contribution is 2.29. The lowest BCUT2D eigenvalue weighted by atomic mass is 9.87. The third kappa shape index (κ3) is 2.49. The first-order chi connectivity index (χ1) is 7.29. The van der Waals surface area contributed by atoms with Crippen molar-refractivity contribution in [2.24, 2.45) is 0 Å². The van der Waals surface area contributed by atoms with Crippen molar-refractivity contribution in [2.45, 2.75) is 65.5 Å². The molecule has 1 rings (SSSR count). The average molecular weight is 223 g/mol. The largest absolute Gasteiger partial charge is 0.391 e.